The summed E-state index contributed by atoms with van der Waals surface area (Å²) in [6.07, 6.45) is 2.43. The highest BCUT2D eigenvalue weighted by molar-refractivity contribution is 6.24. The molecule has 0 fully saturated rings. The summed E-state index contributed by atoms with van der Waals surface area (Å²) in [4.78, 5) is 23.8. The van der Waals surface area contributed by atoms with E-state index >= 15 is 0 Å². The first kappa shape index (κ1) is 20.0. The molecule has 1 amide bonds. The Hall–Kier alpha value is -3.73. The van der Waals surface area contributed by atoms with Gasteiger partial charge >= 0.3 is 0 Å². The maximum atomic E-state index is 13.2. The van der Waals surface area contributed by atoms with Crippen molar-refractivity contribution in [1.82, 2.24) is 5.32 Å². The minimum atomic E-state index is -0.442. The summed E-state index contributed by atoms with van der Waals surface area (Å²) < 4.78 is 0. The summed E-state index contributed by atoms with van der Waals surface area (Å²) in [6.45, 7) is 2.02. The van der Waals surface area contributed by atoms with Crippen molar-refractivity contribution in [3.63, 3.8) is 0 Å². The average Bonchev–Trinajstić information content (AvgIpc) is 2.77. The molecule has 3 aromatic rings. The lowest BCUT2D eigenvalue weighted by Crippen LogP contribution is -2.28. The number of carbonyl (C=O) groups excluding carboxylic acids is 1. The Morgan fingerprint density at radius 3 is 2.28 bits per heavy atom. The maximum absolute atomic E-state index is 13.2. The Morgan fingerprint density at radius 1 is 1.00 bits per heavy atom. The zero-order chi connectivity index (χ0) is 20.6. The van der Waals surface area contributed by atoms with E-state index in [0.717, 1.165) is 17.5 Å². The van der Waals surface area contributed by atoms with E-state index in [4.69, 9.17) is 0 Å². The molecule has 0 saturated heterocycles. The van der Waals surface area contributed by atoms with Gasteiger partial charge in [-0.15, -0.1) is 0 Å². The molecule has 146 valence electrons. The van der Waals surface area contributed by atoms with Crippen LogP contribution in [-0.4, -0.2) is 10.8 Å². The molecule has 3 rings (SSSR count). The second-order valence-corrected chi connectivity index (χ2v) is 6.62. The minimum Gasteiger partial charge on any atom is -0.345 e. The van der Waals surface area contributed by atoms with E-state index in [0.29, 0.717) is 11.1 Å². The van der Waals surface area contributed by atoms with Gasteiger partial charge in [0.25, 0.3) is 11.6 Å². The Bertz CT molecular complexity index is 1010. The molecule has 5 heteroatoms. The summed E-state index contributed by atoms with van der Waals surface area (Å²) in [5.74, 6) is -0.224. The SMILES string of the molecule is CCC(NC(=O)/C(=C/c1cccc([N+](=O)[O-])c1)c1ccccc1)c1ccccc1. The number of rotatable bonds is 7. The molecule has 0 aliphatic carbocycles. The number of hydrogen-bond acceptors (Lipinski definition) is 3. The van der Waals surface area contributed by atoms with E-state index in [1.165, 1.54) is 12.1 Å². The van der Waals surface area contributed by atoms with Crippen LogP contribution in [0.3, 0.4) is 0 Å². The molecular weight excluding hydrogens is 364 g/mol. The molecule has 1 atom stereocenters. The van der Waals surface area contributed by atoms with Crippen molar-refractivity contribution in [1.29, 1.82) is 0 Å². The number of hydrogen-bond donors (Lipinski definition) is 1. The number of nitrogens with one attached hydrogen (secondary N) is 1. The fourth-order valence-corrected chi connectivity index (χ4v) is 3.13. The molecule has 1 unspecified atom stereocenters. The van der Waals surface area contributed by atoms with Gasteiger partial charge in [-0.25, -0.2) is 0 Å². The molecular formula is C24H22N2O3. The standard InChI is InChI=1S/C24H22N2O3/c1-2-23(20-13-7-4-8-14-20)25-24(27)22(19-11-5-3-6-12-19)17-18-10-9-15-21(16-18)26(28)29/h3-17,23H,2H2,1H3,(H,25,27)/b22-17+. The van der Waals surface area contributed by atoms with Crippen molar-refractivity contribution >= 4 is 23.2 Å². The van der Waals surface area contributed by atoms with Gasteiger partial charge in [-0.05, 0) is 29.2 Å². The molecule has 5 nitrogen and oxygen atoms in total. The zero-order valence-corrected chi connectivity index (χ0v) is 16.1. The van der Waals surface area contributed by atoms with E-state index in [1.54, 1.807) is 18.2 Å². The van der Waals surface area contributed by atoms with E-state index in [1.807, 2.05) is 67.6 Å². The number of non-ortho nitro benzene ring substituents is 1. The lowest BCUT2D eigenvalue weighted by molar-refractivity contribution is -0.384. The number of nitro benzene ring substituents is 1. The lowest BCUT2D eigenvalue weighted by Gasteiger charge is -2.19. The number of nitro groups is 1. The van der Waals surface area contributed by atoms with Crippen molar-refractivity contribution in [2.24, 2.45) is 0 Å². The summed E-state index contributed by atoms with van der Waals surface area (Å²) in [5.41, 5.74) is 2.83. The first-order valence-electron chi connectivity index (χ1n) is 9.46. The van der Waals surface area contributed by atoms with Gasteiger partial charge in [0.2, 0.25) is 0 Å². The highest BCUT2D eigenvalue weighted by atomic mass is 16.6. The normalized spacial score (nSPS) is 12.2. The number of nitrogens with zero attached hydrogens (tertiary/aromatic N) is 1. The molecule has 0 saturated carbocycles. The monoisotopic (exact) mass is 386 g/mol. The average molecular weight is 386 g/mol. The molecule has 0 bridgehead atoms. The van der Waals surface area contributed by atoms with Gasteiger partial charge in [-0.3, -0.25) is 14.9 Å². The third-order valence-corrected chi connectivity index (χ3v) is 4.64. The Morgan fingerprint density at radius 2 is 1.66 bits per heavy atom. The van der Waals surface area contributed by atoms with Crippen LogP contribution in [0.25, 0.3) is 11.6 Å². The zero-order valence-electron chi connectivity index (χ0n) is 16.1. The Labute approximate surface area is 169 Å². The van der Waals surface area contributed by atoms with Gasteiger partial charge in [0.05, 0.1) is 11.0 Å². The topological polar surface area (TPSA) is 72.2 Å². The lowest BCUT2D eigenvalue weighted by atomic mass is 9.99. The maximum Gasteiger partial charge on any atom is 0.270 e. The van der Waals surface area contributed by atoms with Gasteiger partial charge in [-0.2, -0.15) is 0 Å². The van der Waals surface area contributed by atoms with Gasteiger partial charge in [0, 0.05) is 17.7 Å². The molecule has 1 N–H and O–H groups in total. The number of carbonyl (C=O) groups is 1. The fraction of sp³-hybridized carbons (Fsp3) is 0.125. The van der Waals surface area contributed by atoms with Crippen molar-refractivity contribution in [3.8, 4) is 0 Å². The quantitative estimate of drug-likeness (QED) is 0.256. The van der Waals surface area contributed by atoms with Crippen LogP contribution in [0, 0.1) is 10.1 Å². The van der Waals surface area contributed by atoms with Crippen LogP contribution in [0.1, 0.15) is 36.1 Å². The van der Waals surface area contributed by atoms with Crippen LogP contribution >= 0.6 is 0 Å². The van der Waals surface area contributed by atoms with Crippen LogP contribution in [-0.2, 0) is 4.79 Å². The molecule has 3 aromatic carbocycles. The predicted octanol–water partition coefficient (Wildman–Crippen LogP) is 5.40. The van der Waals surface area contributed by atoms with E-state index in [9.17, 15) is 14.9 Å². The molecule has 0 aliphatic heterocycles. The first-order valence-corrected chi connectivity index (χ1v) is 9.46. The van der Waals surface area contributed by atoms with Crippen LogP contribution in [0.5, 0.6) is 0 Å². The summed E-state index contributed by atoms with van der Waals surface area (Å²) >= 11 is 0. The van der Waals surface area contributed by atoms with Crippen LogP contribution < -0.4 is 5.32 Å². The highest BCUT2D eigenvalue weighted by Crippen LogP contribution is 2.23. The van der Waals surface area contributed by atoms with Gasteiger partial charge in [0.15, 0.2) is 0 Å². The molecule has 0 radical (unpaired) electrons. The van der Waals surface area contributed by atoms with Gasteiger partial charge in [0.1, 0.15) is 0 Å². The predicted molar refractivity (Wildman–Crippen MR) is 115 cm³/mol. The molecule has 0 heterocycles. The molecule has 0 spiro atoms. The van der Waals surface area contributed by atoms with Gasteiger partial charge in [-0.1, -0.05) is 79.7 Å². The summed E-state index contributed by atoms with van der Waals surface area (Å²) in [7, 11) is 0. The highest BCUT2D eigenvalue weighted by Gasteiger charge is 2.18. The minimum absolute atomic E-state index is 0.0118. The van der Waals surface area contributed by atoms with Crippen molar-refractivity contribution in [3.05, 3.63) is 112 Å². The fourth-order valence-electron chi connectivity index (χ4n) is 3.13. The van der Waals surface area contributed by atoms with Crippen molar-refractivity contribution in [2.75, 3.05) is 0 Å². The van der Waals surface area contributed by atoms with Gasteiger partial charge < -0.3 is 5.32 Å². The van der Waals surface area contributed by atoms with E-state index in [2.05, 4.69) is 5.32 Å². The van der Waals surface area contributed by atoms with E-state index < -0.39 is 4.92 Å². The third-order valence-electron chi connectivity index (χ3n) is 4.64. The molecule has 0 aliphatic rings. The largest absolute Gasteiger partial charge is 0.345 e. The smallest absolute Gasteiger partial charge is 0.270 e. The summed E-state index contributed by atoms with van der Waals surface area (Å²) in [6, 6.07) is 25.2. The number of benzene rings is 3. The van der Waals surface area contributed by atoms with Crippen LogP contribution in [0.15, 0.2) is 84.9 Å². The Balaban J connectivity index is 1.97. The number of amides is 1. The third kappa shape index (κ3) is 5.17. The first-order chi connectivity index (χ1) is 14.1. The van der Waals surface area contributed by atoms with Crippen molar-refractivity contribution in [2.45, 2.75) is 19.4 Å². The van der Waals surface area contributed by atoms with E-state index in [-0.39, 0.29) is 17.6 Å². The second kappa shape index (κ2) is 9.46. The van der Waals surface area contributed by atoms with Crippen LogP contribution in [0.2, 0.25) is 0 Å². The van der Waals surface area contributed by atoms with Crippen molar-refractivity contribution < 1.29 is 9.72 Å². The Kier molecular flexibility index (Phi) is 6.53. The summed E-state index contributed by atoms with van der Waals surface area (Å²) in [5, 5.41) is 14.2. The molecule has 29 heavy (non-hydrogen) atoms. The van der Waals surface area contributed by atoms with Crippen LogP contribution in [0.4, 0.5) is 5.69 Å². The molecule has 0 aromatic heterocycles. The second-order valence-electron chi connectivity index (χ2n) is 6.62.